The predicted octanol–water partition coefficient (Wildman–Crippen LogP) is 3.06. The van der Waals surface area contributed by atoms with Crippen LogP contribution < -0.4 is 15.5 Å². The lowest BCUT2D eigenvalue weighted by Gasteiger charge is -2.17. The van der Waals surface area contributed by atoms with Crippen LogP contribution in [0.5, 0.6) is 0 Å². The first-order chi connectivity index (χ1) is 11.5. The molecule has 5 nitrogen and oxygen atoms in total. The summed E-state index contributed by atoms with van der Waals surface area (Å²) in [5.41, 5.74) is 2.29. The van der Waals surface area contributed by atoms with Crippen LogP contribution in [0.4, 0.5) is 20.6 Å². The summed E-state index contributed by atoms with van der Waals surface area (Å²) in [5, 5.41) is 5.52. The first-order valence-electron chi connectivity index (χ1n) is 7.71. The van der Waals surface area contributed by atoms with Gasteiger partial charge in [0.25, 0.3) is 0 Å². The summed E-state index contributed by atoms with van der Waals surface area (Å²) in [5.74, 6) is -0.532. The van der Waals surface area contributed by atoms with Crippen molar-refractivity contribution in [3.8, 4) is 0 Å². The Balaban J connectivity index is 1.59. The van der Waals surface area contributed by atoms with Gasteiger partial charge in [0.05, 0.1) is 6.04 Å². The minimum absolute atomic E-state index is 0.138. The number of benzene rings is 2. The molecule has 0 radical (unpaired) electrons. The first-order valence-corrected chi connectivity index (χ1v) is 7.71. The number of hydrogen-bond donors (Lipinski definition) is 2. The van der Waals surface area contributed by atoms with Crippen molar-refractivity contribution in [1.29, 1.82) is 0 Å². The van der Waals surface area contributed by atoms with Gasteiger partial charge in [0.2, 0.25) is 5.91 Å². The lowest BCUT2D eigenvalue weighted by atomic mass is 10.2. The van der Waals surface area contributed by atoms with Gasteiger partial charge >= 0.3 is 6.03 Å². The van der Waals surface area contributed by atoms with E-state index in [1.807, 2.05) is 31.2 Å². The van der Waals surface area contributed by atoms with Crippen LogP contribution in [0.2, 0.25) is 0 Å². The van der Waals surface area contributed by atoms with E-state index >= 15 is 0 Å². The summed E-state index contributed by atoms with van der Waals surface area (Å²) in [6, 6.07) is 12.6. The Kier molecular flexibility index (Phi) is 4.46. The number of urea groups is 1. The van der Waals surface area contributed by atoms with Gasteiger partial charge in [0, 0.05) is 24.3 Å². The third-order valence-corrected chi connectivity index (χ3v) is 3.89. The number of aryl methyl sites for hydroxylation is 1. The number of nitrogens with zero attached hydrogens (tertiary/aromatic N) is 1. The molecular weight excluding hydrogens is 309 g/mol. The van der Waals surface area contributed by atoms with Gasteiger partial charge in [-0.25, -0.2) is 9.18 Å². The molecule has 1 aliphatic heterocycles. The van der Waals surface area contributed by atoms with Crippen LogP contribution in [-0.4, -0.2) is 24.5 Å². The smallest absolute Gasteiger partial charge is 0.319 e. The maximum absolute atomic E-state index is 13.3. The number of amides is 3. The van der Waals surface area contributed by atoms with Crippen molar-refractivity contribution in [3.05, 3.63) is 59.9 Å². The summed E-state index contributed by atoms with van der Waals surface area (Å²) >= 11 is 0. The topological polar surface area (TPSA) is 61.4 Å². The molecule has 3 amide bonds. The molecule has 0 saturated carbocycles. The molecule has 0 bridgehead atoms. The van der Waals surface area contributed by atoms with Crippen molar-refractivity contribution in [3.63, 3.8) is 0 Å². The fourth-order valence-corrected chi connectivity index (χ4v) is 2.69. The molecule has 1 atom stereocenters. The number of hydrogen-bond acceptors (Lipinski definition) is 2. The lowest BCUT2D eigenvalue weighted by molar-refractivity contribution is -0.117. The zero-order chi connectivity index (χ0) is 17.1. The molecular formula is C18H18FN3O2. The molecule has 0 aliphatic carbocycles. The minimum Gasteiger partial charge on any atom is -0.333 e. The molecule has 2 aromatic rings. The highest BCUT2D eigenvalue weighted by Gasteiger charge is 2.31. The molecule has 0 aromatic heterocycles. The highest BCUT2D eigenvalue weighted by atomic mass is 19.1. The molecule has 1 heterocycles. The van der Waals surface area contributed by atoms with E-state index in [2.05, 4.69) is 10.6 Å². The van der Waals surface area contributed by atoms with E-state index < -0.39 is 5.82 Å². The van der Waals surface area contributed by atoms with Crippen molar-refractivity contribution >= 4 is 23.3 Å². The van der Waals surface area contributed by atoms with Crippen LogP contribution >= 0.6 is 0 Å². The summed E-state index contributed by atoms with van der Waals surface area (Å²) < 4.78 is 13.3. The van der Waals surface area contributed by atoms with Gasteiger partial charge in [-0.05, 0) is 37.3 Å². The number of anilines is 2. The average molecular weight is 327 g/mol. The van der Waals surface area contributed by atoms with Gasteiger partial charge in [-0.1, -0.05) is 23.8 Å². The third-order valence-electron chi connectivity index (χ3n) is 3.89. The molecule has 24 heavy (non-hydrogen) atoms. The molecule has 1 saturated heterocycles. The van der Waals surface area contributed by atoms with Crippen LogP contribution in [0, 0.1) is 12.7 Å². The van der Waals surface area contributed by atoms with E-state index in [1.54, 1.807) is 12.1 Å². The van der Waals surface area contributed by atoms with Crippen molar-refractivity contribution < 1.29 is 14.0 Å². The first kappa shape index (κ1) is 16.0. The molecule has 2 N–H and O–H groups in total. The van der Waals surface area contributed by atoms with Gasteiger partial charge in [0.1, 0.15) is 5.82 Å². The number of rotatable bonds is 3. The Morgan fingerprint density at radius 3 is 2.67 bits per heavy atom. The second-order valence-electron chi connectivity index (χ2n) is 5.85. The standard InChI is InChI=1S/C18H18FN3O2/c1-12-5-7-14(8-6-12)20-18(24)21-15-10-17(23)22(11-15)16-4-2-3-13(19)9-16/h2-9,15H,10-11H2,1H3,(H2,20,21,24)/t15-/m0/s1. The Bertz CT molecular complexity index is 761. The highest BCUT2D eigenvalue weighted by molar-refractivity contribution is 5.97. The second kappa shape index (κ2) is 6.70. The summed E-state index contributed by atoms with van der Waals surface area (Å²) in [4.78, 5) is 25.6. The van der Waals surface area contributed by atoms with Crippen LogP contribution in [0.3, 0.4) is 0 Å². The zero-order valence-electron chi connectivity index (χ0n) is 13.3. The van der Waals surface area contributed by atoms with Crippen LogP contribution in [-0.2, 0) is 4.79 Å². The molecule has 3 rings (SSSR count). The Hall–Kier alpha value is -2.89. The van der Waals surface area contributed by atoms with E-state index in [1.165, 1.54) is 17.0 Å². The number of carbonyl (C=O) groups excluding carboxylic acids is 2. The van der Waals surface area contributed by atoms with Gasteiger partial charge < -0.3 is 15.5 Å². The summed E-state index contributed by atoms with van der Waals surface area (Å²) in [6.45, 7) is 2.29. The van der Waals surface area contributed by atoms with E-state index in [4.69, 9.17) is 0 Å². The second-order valence-corrected chi connectivity index (χ2v) is 5.85. The van der Waals surface area contributed by atoms with Crippen molar-refractivity contribution in [2.24, 2.45) is 0 Å². The average Bonchev–Trinajstić information content (AvgIpc) is 2.90. The molecule has 1 fully saturated rings. The van der Waals surface area contributed by atoms with E-state index in [0.29, 0.717) is 17.9 Å². The van der Waals surface area contributed by atoms with Gasteiger partial charge in [-0.3, -0.25) is 4.79 Å². The van der Waals surface area contributed by atoms with Gasteiger partial charge in [-0.2, -0.15) is 0 Å². The highest BCUT2D eigenvalue weighted by Crippen LogP contribution is 2.22. The monoisotopic (exact) mass is 327 g/mol. The minimum atomic E-state index is -0.395. The quantitative estimate of drug-likeness (QED) is 0.910. The predicted molar refractivity (Wildman–Crippen MR) is 90.5 cm³/mol. The zero-order valence-corrected chi connectivity index (χ0v) is 13.3. The van der Waals surface area contributed by atoms with Crippen LogP contribution in [0.25, 0.3) is 0 Å². The molecule has 0 unspecified atom stereocenters. The summed E-state index contributed by atoms with van der Waals surface area (Å²) in [7, 11) is 0. The Morgan fingerprint density at radius 1 is 1.21 bits per heavy atom. The molecule has 6 heteroatoms. The molecule has 2 aromatic carbocycles. The maximum atomic E-state index is 13.3. The van der Waals surface area contributed by atoms with Crippen molar-refractivity contribution in [2.45, 2.75) is 19.4 Å². The van der Waals surface area contributed by atoms with E-state index in [0.717, 1.165) is 5.56 Å². The largest absolute Gasteiger partial charge is 0.333 e. The van der Waals surface area contributed by atoms with Gasteiger partial charge in [0.15, 0.2) is 0 Å². The third kappa shape index (κ3) is 3.71. The number of carbonyl (C=O) groups is 2. The maximum Gasteiger partial charge on any atom is 0.319 e. The fourth-order valence-electron chi connectivity index (χ4n) is 2.69. The number of nitrogens with one attached hydrogen (secondary N) is 2. The Morgan fingerprint density at radius 2 is 1.96 bits per heavy atom. The summed E-state index contributed by atoms with van der Waals surface area (Å²) in [6.07, 6.45) is 0.192. The molecule has 1 aliphatic rings. The fraction of sp³-hybridized carbons (Fsp3) is 0.222. The van der Waals surface area contributed by atoms with Crippen molar-refractivity contribution in [2.75, 3.05) is 16.8 Å². The lowest BCUT2D eigenvalue weighted by Crippen LogP contribution is -2.39. The van der Waals surface area contributed by atoms with E-state index in [9.17, 15) is 14.0 Å². The normalized spacial score (nSPS) is 17.0. The SMILES string of the molecule is Cc1ccc(NC(=O)N[C@H]2CC(=O)N(c3cccc(F)c3)C2)cc1. The molecule has 124 valence electrons. The van der Waals surface area contributed by atoms with Crippen LogP contribution in [0.1, 0.15) is 12.0 Å². The van der Waals surface area contributed by atoms with Crippen LogP contribution in [0.15, 0.2) is 48.5 Å². The van der Waals surface area contributed by atoms with Gasteiger partial charge in [-0.15, -0.1) is 0 Å². The number of halogens is 1. The Labute approximate surface area is 139 Å². The van der Waals surface area contributed by atoms with Crippen molar-refractivity contribution in [1.82, 2.24) is 5.32 Å². The van der Waals surface area contributed by atoms with E-state index in [-0.39, 0.29) is 24.4 Å². The molecule has 0 spiro atoms.